The van der Waals surface area contributed by atoms with E-state index in [0.717, 1.165) is 11.3 Å². The summed E-state index contributed by atoms with van der Waals surface area (Å²) < 4.78 is 14.8. The molecule has 0 unspecified atom stereocenters. The first-order chi connectivity index (χ1) is 22.0. The first kappa shape index (κ1) is 29.3. The number of rotatable bonds is 4. The van der Waals surface area contributed by atoms with Gasteiger partial charge in [0.05, 0.1) is 31.9 Å². The summed E-state index contributed by atoms with van der Waals surface area (Å²) in [6, 6.07) is 23.5. The van der Waals surface area contributed by atoms with E-state index < -0.39 is 6.04 Å². The summed E-state index contributed by atoms with van der Waals surface area (Å²) in [6.45, 7) is 2.76. The lowest BCUT2D eigenvalue weighted by atomic mass is 10.2. The molecular formula is C31H32N10O4. The van der Waals surface area contributed by atoms with Crippen LogP contribution in [0.5, 0.6) is 11.5 Å². The van der Waals surface area contributed by atoms with E-state index in [4.69, 9.17) is 19.6 Å². The Morgan fingerprint density at radius 3 is 2.51 bits per heavy atom. The molecule has 0 fully saturated rings. The van der Waals surface area contributed by atoms with Crippen LogP contribution in [0, 0.1) is 0 Å². The van der Waals surface area contributed by atoms with Gasteiger partial charge in [0, 0.05) is 24.2 Å². The second-order valence-electron chi connectivity index (χ2n) is 10.3. The fourth-order valence-electron chi connectivity index (χ4n) is 5.02. The molecular weight excluding hydrogens is 576 g/mol. The zero-order chi connectivity index (χ0) is 31.2. The van der Waals surface area contributed by atoms with Crippen molar-refractivity contribution in [3.05, 3.63) is 90.3 Å². The molecule has 2 bridgehead atoms. The molecule has 45 heavy (non-hydrogen) atoms. The van der Waals surface area contributed by atoms with Crippen molar-refractivity contribution >= 4 is 17.8 Å². The highest BCUT2D eigenvalue weighted by atomic mass is 16.5. The summed E-state index contributed by atoms with van der Waals surface area (Å²) in [6.07, 6.45) is 0. The minimum absolute atomic E-state index is 0.0805. The quantitative estimate of drug-likeness (QED) is 0.311. The third kappa shape index (κ3) is 6.59. The number of aromatic nitrogens is 7. The van der Waals surface area contributed by atoms with E-state index in [1.165, 1.54) is 0 Å². The minimum atomic E-state index is -0.498. The van der Waals surface area contributed by atoms with Crippen LogP contribution in [-0.2, 0) is 11.3 Å². The zero-order valence-corrected chi connectivity index (χ0v) is 24.8. The molecule has 14 heteroatoms. The number of fused-ring (bicyclic) bond motifs is 3. The molecule has 1 aliphatic heterocycles. The Kier molecular flexibility index (Phi) is 8.62. The summed E-state index contributed by atoms with van der Waals surface area (Å²) in [5, 5.41) is 22.9. The summed E-state index contributed by atoms with van der Waals surface area (Å²) >= 11 is 0. The molecule has 14 nitrogen and oxygen atoms in total. The lowest BCUT2D eigenvalue weighted by molar-refractivity contribution is -0.120. The van der Waals surface area contributed by atoms with Gasteiger partial charge in [0.1, 0.15) is 12.4 Å². The average molecular weight is 609 g/mol. The summed E-state index contributed by atoms with van der Waals surface area (Å²) in [7, 11) is 1.54. The molecule has 2 amide bonds. The molecule has 0 aliphatic carbocycles. The van der Waals surface area contributed by atoms with Crippen LogP contribution in [0.3, 0.4) is 0 Å². The molecule has 0 spiro atoms. The number of amides is 2. The summed E-state index contributed by atoms with van der Waals surface area (Å²) in [5.41, 5.74) is 1.97. The average Bonchev–Trinajstić information content (AvgIpc) is 3.73. The SMILES string of the molecule is COc1ccc2cc1OCCn1nc(-c3ccccc3)nc1[C@@H](C)NC(=O)CN(c1nnnn1-c1ccccc1)CCNC2=O. The molecule has 0 radical (unpaired) electrons. The van der Waals surface area contributed by atoms with Crippen molar-refractivity contribution in [1.82, 2.24) is 45.6 Å². The molecule has 2 aromatic heterocycles. The Bertz CT molecular complexity index is 1770. The van der Waals surface area contributed by atoms with Crippen LogP contribution in [-0.4, -0.2) is 80.1 Å². The van der Waals surface area contributed by atoms with Gasteiger partial charge in [0.25, 0.3) is 11.9 Å². The third-order valence-electron chi connectivity index (χ3n) is 7.22. The highest BCUT2D eigenvalue weighted by molar-refractivity contribution is 5.95. The van der Waals surface area contributed by atoms with Gasteiger partial charge in [0.2, 0.25) is 5.91 Å². The molecule has 2 N–H and O–H groups in total. The molecule has 3 aromatic carbocycles. The molecule has 1 atom stereocenters. The highest BCUT2D eigenvalue weighted by Crippen LogP contribution is 2.28. The van der Waals surface area contributed by atoms with E-state index in [2.05, 4.69) is 26.2 Å². The number of benzene rings is 3. The van der Waals surface area contributed by atoms with E-state index in [9.17, 15) is 9.59 Å². The third-order valence-corrected chi connectivity index (χ3v) is 7.22. The first-order valence-corrected chi connectivity index (χ1v) is 14.5. The van der Waals surface area contributed by atoms with Crippen LogP contribution in [0.4, 0.5) is 5.95 Å². The van der Waals surface area contributed by atoms with Crippen molar-refractivity contribution in [1.29, 1.82) is 0 Å². The number of nitrogens with one attached hydrogen (secondary N) is 2. The number of hydrogen-bond donors (Lipinski definition) is 2. The number of nitrogens with zero attached hydrogens (tertiary/aromatic N) is 8. The Balaban J connectivity index is 1.35. The second kappa shape index (κ2) is 13.2. The number of methoxy groups -OCH3 is 1. The molecule has 1 aliphatic rings. The van der Waals surface area contributed by atoms with Gasteiger partial charge < -0.3 is 25.0 Å². The van der Waals surface area contributed by atoms with E-state index in [1.807, 2.05) is 67.6 Å². The number of carbonyl (C=O) groups is 2. The Morgan fingerprint density at radius 2 is 1.73 bits per heavy atom. The molecule has 6 rings (SSSR count). The van der Waals surface area contributed by atoms with E-state index in [1.54, 1.807) is 39.6 Å². The minimum Gasteiger partial charge on any atom is -0.493 e. The maximum atomic E-state index is 13.5. The topological polar surface area (TPSA) is 154 Å². The zero-order valence-electron chi connectivity index (χ0n) is 24.8. The van der Waals surface area contributed by atoms with Crippen molar-refractivity contribution in [3.8, 4) is 28.6 Å². The van der Waals surface area contributed by atoms with E-state index in [-0.39, 0.29) is 38.1 Å². The number of anilines is 1. The Hall–Kier alpha value is -5.79. The van der Waals surface area contributed by atoms with Gasteiger partial charge in [0.15, 0.2) is 17.3 Å². The van der Waals surface area contributed by atoms with Gasteiger partial charge in [-0.3, -0.25) is 9.59 Å². The van der Waals surface area contributed by atoms with Crippen LogP contribution in [0.1, 0.15) is 29.1 Å². The molecule has 3 heterocycles. The molecule has 0 saturated carbocycles. The van der Waals surface area contributed by atoms with Crippen molar-refractivity contribution in [3.63, 3.8) is 0 Å². The number of hydrogen-bond acceptors (Lipinski definition) is 10. The standard InChI is InChI=1S/C31H32N10O4/c1-21-29-34-28(22-9-5-3-6-10-22)36-40(29)17-18-45-26-19-23(13-14-25(26)44-2)30(43)32-15-16-39(20-27(42)33-21)31-35-37-38-41(31)24-11-7-4-8-12-24/h3-14,19,21H,15-18,20H2,1-2H3,(H,32,43)(H,33,42)/t21-/m1/s1. The Morgan fingerprint density at radius 1 is 0.956 bits per heavy atom. The van der Waals surface area contributed by atoms with Crippen LogP contribution < -0.4 is 25.0 Å². The highest BCUT2D eigenvalue weighted by Gasteiger charge is 2.24. The molecule has 0 saturated heterocycles. The van der Waals surface area contributed by atoms with Gasteiger partial charge >= 0.3 is 0 Å². The summed E-state index contributed by atoms with van der Waals surface area (Å²) in [5.74, 6) is 1.76. The van der Waals surface area contributed by atoms with E-state index in [0.29, 0.717) is 41.2 Å². The number of ether oxygens (including phenoxy) is 2. The van der Waals surface area contributed by atoms with Crippen LogP contribution in [0.15, 0.2) is 78.9 Å². The van der Waals surface area contributed by atoms with Gasteiger partial charge in [-0.2, -0.15) is 9.78 Å². The Labute approximate surface area is 259 Å². The second-order valence-corrected chi connectivity index (χ2v) is 10.3. The van der Waals surface area contributed by atoms with Gasteiger partial charge in [-0.1, -0.05) is 53.6 Å². The lowest BCUT2D eigenvalue weighted by Crippen LogP contribution is -2.43. The molecule has 5 aromatic rings. The monoisotopic (exact) mass is 608 g/mol. The van der Waals surface area contributed by atoms with Crippen molar-refractivity contribution < 1.29 is 19.1 Å². The predicted molar refractivity (Wildman–Crippen MR) is 164 cm³/mol. The normalized spacial score (nSPS) is 16.1. The van der Waals surface area contributed by atoms with Gasteiger partial charge in [-0.05, 0) is 47.7 Å². The fourth-order valence-corrected chi connectivity index (χ4v) is 5.02. The van der Waals surface area contributed by atoms with Crippen molar-refractivity contribution in [2.75, 3.05) is 38.3 Å². The van der Waals surface area contributed by atoms with Crippen molar-refractivity contribution in [2.24, 2.45) is 0 Å². The number of para-hydroxylation sites is 1. The lowest BCUT2D eigenvalue weighted by Gasteiger charge is -2.24. The maximum absolute atomic E-state index is 13.5. The summed E-state index contributed by atoms with van der Waals surface area (Å²) in [4.78, 5) is 33.2. The van der Waals surface area contributed by atoms with E-state index >= 15 is 0 Å². The van der Waals surface area contributed by atoms with Gasteiger partial charge in [-0.25, -0.2) is 9.67 Å². The number of carbonyl (C=O) groups excluding carboxylic acids is 2. The predicted octanol–water partition coefficient (Wildman–Crippen LogP) is 2.44. The fraction of sp³-hybridized carbons (Fsp3) is 0.258. The number of tetrazole rings is 1. The van der Waals surface area contributed by atoms with Crippen LogP contribution in [0.2, 0.25) is 0 Å². The smallest absolute Gasteiger partial charge is 0.251 e. The first-order valence-electron chi connectivity index (χ1n) is 14.5. The maximum Gasteiger partial charge on any atom is 0.251 e. The largest absolute Gasteiger partial charge is 0.493 e. The van der Waals surface area contributed by atoms with Gasteiger partial charge in [-0.15, -0.1) is 0 Å². The van der Waals surface area contributed by atoms with Crippen molar-refractivity contribution in [2.45, 2.75) is 19.5 Å². The van der Waals surface area contributed by atoms with Crippen LogP contribution >= 0.6 is 0 Å². The molecule has 230 valence electrons. The van der Waals surface area contributed by atoms with Crippen LogP contribution in [0.25, 0.3) is 17.1 Å².